The third-order valence-electron chi connectivity index (χ3n) is 10.1. The molecule has 0 spiro atoms. The first-order valence-corrected chi connectivity index (χ1v) is 15.5. The molecule has 0 fully saturated rings. The van der Waals surface area contributed by atoms with Crippen LogP contribution in [-0.2, 0) is 10.8 Å². The second-order valence-electron chi connectivity index (χ2n) is 13.3. The van der Waals surface area contributed by atoms with Gasteiger partial charge >= 0.3 is 0 Å². The summed E-state index contributed by atoms with van der Waals surface area (Å²) in [6.07, 6.45) is 3.06. The van der Waals surface area contributed by atoms with Crippen molar-refractivity contribution in [1.82, 2.24) is 19.5 Å². The van der Waals surface area contributed by atoms with E-state index in [1.165, 1.54) is 34.7 Å². The van der Waals surface area contributed by atoms with Crippen molar-refractivity contribution < 1.29 is 4.42 Å². The maximum Gasteiger partial charge on any atom is 0.200 e. The van der Waals surface area contributed by atoms with E-state index in [2.05, 4.69) is 120 Å². The van der Waals surface area contributed by atoms with E-state index in [1.807, 2.05) is 24.3 Å². The van der Waals surface area contributed by atoms with Gasteiger partial charge in [-0.05, 0) is 82.9 Å². The van der Waals surface area contributed by atoms with Crippen LogP contribution in [0.2, 0.25) is 0 Å². The Morgan fingerprint density at radius 3 is 2.09 bits per heavy atom. The van der Waals surface area contributed by atoms with Crippen LogP contribution in [0.4, 0.5) is 0 Å². The number of hydrogen-bond donors (Lipinski definition) is 0. The van der Waals surface area contributed by atoms with Crippen LogP contribution in [0.15, 0.2) is 119 Å². The molecule has 0 bridgehead atoms. The Bertz CT molecular complexity index is 2610. The van der Waals surface area contributed by atoms with Gasteiger partial charge in [0, 0.05) is 32.9 Å². The van der Waals surface area contributed by atoms with Crippen molar-refractivity contribution in [2.75, 3.05) is 0 Å². The lowest BCUT2D eigenvalue weighted by Gasteiger charge is -2.44. The summed E-state index contributed by atoms with van der Waals surface area (Å²) in [5, 5.41) is 3.55. The fraction of sp³-hybridized carbons (Fsp3) is 0.150. The van der Waals surface area contributed by atoms with Gasteiger partial charge in [-0.3, -0.25) is 4.79 Å². The number of hydrogen-bond acceptors (Lipinski definition) is 5. The van der Waals surface area contributed by atoms with Gasteiger partial charge in [0.25, 0.3) is 0 Å². The lowest BCUT2D eigenvalue weighted by Crippen LogP contribution is -2.36. The van der Waals surface area contributed by atoms with E-state index < -0.39 is 0 Å². The van der Waals surface area contributed by atoms with Gasteiger partial charge in [0.05, 0.1) is 21.8 Å². The van der Waals surface area contributed by atoms with Crippen LogP contribution in [0.1, 0.15) is 49.9 Å². The monoisotopic (exact) mass is 598 g/mol. The zero-order valence-corrected chi connectivity index (χ0v) is 26.0. The molecular formula is C40H30N4O2. The third kappa shape index (κ3) is 3.58. The summed E-state index contributed by atoms with van der Waals surface area (Å²) >= 11 is 0. The van der Waals surface area contributed by atoms with Crippen LogP contribution in [0.3, 0.4) is 0 Å². The highest BCUT2D eigenvalue weighted by molar-refractivity contribution is 6.10. The number of para-hydroxylation sites is 2. The smallest absolute Gasteiger partial charge is 0.200 e. The standard InChI is InChI=1S/C40H30N4O2/c1-39(2)29-15-14-24(44-33-11-7-5-9-25(33)27-17-23(13-16-34(27)44)38-42-21-41-22-43-38)18-30(29)40(3,4)32-20-36-28(19-31(32)39)37(45)26-10-6-8-12-35(26)46-36/h5-22H,1-4H3. The van der Waals surface area contributed by atoms with E-state index in [-0.39, 0.29) is 16.3 Å². The quantitative estimate of drug-likeness (QED) is 0.186. The van der Waals surface area contributed by atoms with Crippen molar-refractivity contribution in [2.45, 2.75) is 38.5 Å². The van der Waals surface area contributed by atoms with Gasteiger partial charge < -0.3 is 8.98 Å². The summed E-state index contributed by atoms with van der Waals surface area (Å²) in [5.74, 6) is 0.654. The number of rotatable bonds is 2. The number of fused-ring (bicyclic) bond motifs is 7. The predicted molar refractivity (Wildman–Crippen MR) is 184 cm³/mol. The van der Waals surface area contributed by atoms with Gasteiger partial charge in [0.1, 0.15) is 23.8 Å². The summed E-state index contributed by atoms with van der Waals surface area (Å²) in [6.45, 7) is 9.08. The molecule has 0 aliphatic heterocycles. The van der Waals surface area contributed by atoms with E-state index in [0.29, 0.717) is 27.8 Å². The van der Waals surface area contributed by atoms with E-state index in [1.54, 1.807) is 0 Å². The molecule has 9 rings (SSSR count). The molecule has 6 heteroatoms. The van der Waals surface area contributed by atoms with Crippen molar-refractivity contribution in [3.8, 4) is 17.1 Å². The first-order chi connectivity index (χ1) is 22.2. The first kappa shape index (κ1) is 26.8. The number of nitrogens with zero attached hydrogens (tertiary/aromatic N) is 4. The Kier molecular flexibility index (Phi) is 5.35. The molecule has 0 saturated heterocycles. The zero-order valence-electron chi connectivity index (χ0n) is 26.0. The second-order valence-corrected chi connectivity index (χ2v) is 13.3. The predicted octanol–water partition coefficient (Wildman–Crippen LogP) is 8.86. The molecule has 222 valence electrons. The van der Waals surface area contributed by atoms with E-state index >= 15 is 0 Å². The lowest BCUT2D eigenvalue weighted by molar-refractivity contribution is 0.519. The average Bonchev–Trinajstić information content (AvgIpc) is 3.41. The Morgan fingerprint density at radius 1 is 0.587 bits per heavy atom. The van der Waals surface area contributed by atoms with Gasteiger partial charge in [0.15, 0.2) is 5.82 Å². The molecule has 5 aromatic carbocycles. The lowest BCUT2D eigenvalue weighted by atomic mass is 9.60. The molecule has 0 saturated carbocycles. The summed E-state index contributed by atoms with van der Waals surface area (Å²) in [6, 6.07) is 33.5. The van der Waals surface area contributed by atoms with Crippen molar-refractivity contribution in [1.29, 1.82) is 0 Å². The Hall–Kier alpha value is -5.62. The highest BCUT2D eigenvalue weighted by Gasteiger charge is 2.42. The van der Waals surface area contributed by atoms with Gasteiger partial charge in [-0.25, -0.2) is 15.0 Å². The summed E-state index contributed by atoms with van der Waals surface area (Å²) < 4.78 is 8.70. The normalized spacial score (nSPS) is 15.0. The average molecular weight is 599 g/mol. The summed E-state index contributed by atoms with van der Waals surface area (Å²) in [5.41, 5.74) is 9.75. The fourth-order valence-corrected chi connectivity index (χ4v) is 7.68. The van der Waals surface area contributed by atoms with Crippen LogP contribution < -0.4 is 5.43 Å². The van der Waals surface area contributed by atoms with Crippen molar-refractivity contribution in [3.05, 3.63) is 142 Å². The second kappa shape index (κ2) is 9.21. The molecule has 0 N–H and O–H groups in total. The van der Waals surface area contributed by atoms with Gasteiger partial charge in [-0.15, -0.1) is 0 Å². The Labute approximate surface area is 265 Å². The number of benzene rings is 5. The van der Waals surface area contributed by atoms with Crippen LogP contribution in [-0.4, -0.2) is 19.5 Å². The van der Waals surface area contributed by atoms with Crippen LogP contribution >= 0.6 is 0 Å². The maximum absolute atomic E-state index is 13.6. The molecule has 3 heterocycles. The minimum atomic E-state index is -0.348. The van der Waals surface area contributed by atoms with E-state index in [9.17, 15) is 4.79 Å². The maximum atomic E-state index is 13.6. The molecule has 3 aromatic heterocycles. The highest BCUT2D eigenvalue weighted by atomic mass is 16.3. The van der Waals surface area contributed by atoms with Gasteiger partial charge in [-0.2, -0.15) is 0 Å². The Morgan fingerprint density at radius 2 is 1.26 bits per heavy atom. The molecule has 8 aromatic rings. The topological polar surface area (TPSA) is 73.8 Å². The highest BCUT2D eigenvalue weighted by Crippen LogP contribution is 2.51. The van der Waals surface area contributed by atoms with Gasteiger partial charge in [-0.1, -0.05) is 64.1 Å². The zero-order chi connectivity index (χ0) is 31.4. The number of aromatic nitrogens is 4. The van der Waals surface area contributed by atoms with Crippen molar-refractivity contribution in [3.63, 3.8) is 0 Å². The summed E-state index contributed by atoms with van der Waals surface area (Å²) in [7, 11) is 0. The van der Waals surface area contributed by atoms with Crippen molar-refractivity contribution >= 4 is 43.7 Å². The minimum absolute atomic E-state index is 0.0133. The van der Waals surface area contributed by atoms with E-state index in [0.717, 1.165) is 33.2 Å². The molecule has 0 radical (unpaired) electrons. The minimum Gasteiger partial charge on any atom is -0.456 e. The molecule has 46 heavy (non-hydrogen) atoms. The molecule has 6 nitrogen and oxygen atoms in total. The SMILES string of the molecule is CC1(C)c2cc(-n3c4ccccc4c4cc(-c5ncncn5)ccc43)ccc2C(C)(C)c2cc3c(=O)c4ccccc4oc3cc21. The molecular weight excluding hydrogens is 568 g/mol. The fourth-order valence-electron chi connectivity index (χ4n) is 7.68. The van der Waals surface area contributed by atoms with Crippen LogP contribution in [0.5, 0.6) is 0 Å². The first-order valence-electron chi connectivity index (χ1n) is 15.5. The van der Waals surface area contributed by atoms with E-state index in [4.69, 9.17) is 4.42 Å². The summed E-state index contributed by atoms with van der Waals surface area (Å²) in [4.78, 5) is 26.4. The molecule has 0 atom stereocenters. The van der Waals surface area contributed by atoms with Crippen LogP contribution in [0.25, 0.3) is 60.8 Å². The third-order valence-corrected chi connectivity index (χ3v) is 10.1. The van der Waals surface area contributed by atoms with Crippen molar-refractivity contribution in [2.24, 2.45) is 0 Å². The van der Waals surface area contributed by atoms with Crippen LogP contribution in [0, 0.1) is 0 Å². The Balaban J connectivity index is 1.27. The largest absolute Gasteiger partial charge is 0.456 e. The molecule has 0 amide bonds. The van der Waals surface area contributed by atoms with Gasteiger partial charge in [0.2, 0.25) is 5.43 Å². The molecule has 1 aliphatic carbocycles. The molecule has 1 aliphatic rings. The molecule has 0 unspecified atom stereocenters.